The van der Waals surface area contributed by atoms with Gasteiger partial charge in [-0.05, 0) is 25.0 Å². The van der Waals surface area contributed by atoms with Crippen LogP contribution in [0.25, 0.3) is 0 Å². The van der Waals surface area contributed by atoms with Crippen molar-refractivity contribution in [3.8, 4) is 5.75 Å². The number of para-hydroxylation sites is 1. The zero-order valence-electron chi connectivity index (χ0n) is 12.5. The Labute approximate surface area is 132 Å². The number of nitrogens with zero attached hydrogens (tertiary/aromatic N) is 2. The molecule has 122 valence electrons. The van der Waals surface area contributed by atoms with Crippen LogP contribution in [-0.4, -0.2) is 46.8 Å². The van der Waals surface area contributed by atoms with Crippen LogP contribution < -0.4 is 4.74 Å². The van der Waals surface area contributed by atoms with E-state index in [0.717, 1.165) is 35.5 Å². The number of amides is 4. The van der Waals surface area contributed by atoms with E-state index in [2.05, 4.69) is 0 Å². The predicted molar refractivity (Wildman–Crippen MR) is 78.1 cm³/mol. The number of hydrogen-bond acceptors (Lipinski definition) is 4. The third kappa shape index (κ3) is 2.91. The van der Waals surface area contributed by atoms with Crippen molar-refractivity contribution >= 4 is 17.8 Å². The van der Waals surface area contributed by atoms with E-state index in [1.807, 2.05) is 0 Å². The molecule has 0 spiro atoms. The highest BCUT2D eigenvalue weighted by atomic mass is 19.1. The van der Waals surface area contributed by atoms with E-state index in [1.165, 1.54) is 18.2 Å². The largest absolute Gasteiger partial charge is 0.489 e. The fourth-order valence-electron chi connectivity index (χ4n) is 3.01. The van der Waals surface area contributed by atoms with E-state index in [1.54, 1.807) is 6.07 Å². The minimum Gasteiger partial charge on any atom is -0.489 e. The van der Waals surface area contributed by atoms with Crippen molar-refractivity contribution in [2.45, 2.75) is 31.7 Å². The fourth-order valence-corrected chi connectivity index (χ4v) is 3.01. The normalized spacial score (nSPS) is 19.1. The number of halogens is 1. The van der Waals surface area contributed by atoms with E-state index < -0.39 is 23.7 Å². The lowest BCUT2D eigenvalue weighted by molar-refractivity contribution is -0.144. The summed E-state index contributed by atoms with van der Waals surface area (Å²) in [6.45, 7) is -0.148. The van der Waals surface area contributed by atoms with Crippen molar-refractivity contribution in [2.75, 3.05) is 13.2 Å². The Hall–Kier alpha value is -2.44. The minimum atomic E-state index is -0.834. The Morgan fingerprint density at radius 1 is 1.09 bits per heavy atom. The molecule has 6 nitrogen and oxygen atoms in total. The first-order valence-electron chi connectivity index (χ1n) is 7.66. The van der Waals surface area contributed by atoms with Crippen molar-refractivity contribution in [1.82, 2.24) is 9.80 Å². The summed E-state index contributed by atoms with van der Waals surface area (Å²) in [7, 11) is 0. The number of carbonyl (C=O) groups excluding carboxylic acids is 3. The Bertz CT molecular complexity index is 643. The van der Waals surface area contributed by atoms with Crippen LogP contribution in [-0.2, 0) is 9.59 Å². The second-order valence-corrected chi connectivity index (χ2v) is 5.63. The second-order valence-electron chi connectivity index (χ2n) is 5.63. The quantitative estimate of drug-likeness (QED) is 0.614. The Kier molecular flexibility index (Phi) is 4.27. The third-order valence-electron chi connectivity index (χ3n) is 4.18. The molecule has 1 aliphatic carbocycles. The molecule has 1 heterocycles. The molecule has 1 aromatic carbocycles. The van der Waals surface area contributed by atoms with Crippen LogP contribution in [0.5, 0.6) is 5.75 Å². The molecule has 1 saturated heterocycles. The summed E-state index contributed by atoms with van der Waals surface area (Å²) in [6.07, 6.45) is 3.38. The smallest absolute Gasteiger partial charge is 0.334 e. The summed E-state index contributed by atoms with van der Waals surface area (Å²) in [5.74, 6) is -2.08. The van der Waals surface area contributed by atoms with E-state index in [9.17, 15) is 18.8 Å². The number of urea groups is 1. The SMILES string of the molecule is O=C1C(=O)N(C2CCCC2)C(=O)N1CCOc1ccccc1F. The van der Waals surface area contributed by atoms with Gasteiger partial charge >= 0.3 is 17.8 Å². The maximum absolute atomic E-state index is 13.4. The molecule has 0 atom stereocenters. The second kappa shape index (κ2) is 6.36. The van der Waals surface area contributed by atoms with E-state index in [0.29, 0.717) is 0 Å². The number of imide groups is 2. The van der Waals surface area contributed by atoms with Crippen LogP contribution in [0.2, 0.25) is 0 Å². The van der Waals surface area contributed by atoms with Crippen LogP contribution in [0.15, 0.2) is 24.3 Å². The van der Waals surface area contributed by atoms with Crippen LogP contribution >= 0.6 is 0 Å². The molecule has 4 amide bonds. The fraction of sp³-hybridized carbons (Fsp3) is 0.438. The molecule has 0 bridgehead atoms. The van der Waals surface area contributed by atoms with E-state index in [-0.39, 0.29) is 24.9 Å². The molecule has 0 unspecified atom stereocenters. The number of ether oxygens (including phenoxy) is 1. The van der Waals surface area contributed by atoms with E-state index in [4.69, 9.17) is 4.74 Å². The molecule has 2 aliphatic rings. The molecule has 3 rings (SSSR count). The third-order valence-corrected chi connectivity index (χ3v) is 4.18. The molecule has 2 fully saturated rings. The lowest BCUT2D eigenvalue weighted by atomic mass is 10.2. The van der Waals surface area contributed by atoms with Crippen LogP contribution in [0.3, 0.4) is 0 Å². The molecule has 1 aromatic rings. The Morgan fingerprint density at radius 3 is 2.48 bits per heavy atom. The van der Waals surface area contributed by atoms with Crippen molar-refractivity contribution in [2.24, 2.45) is 0 Å². The van der Waals surface area contributed by atoms with Crippen molar-refractivity contribution < 1.29 is 23.5 Å². The number of hydrogen-bond donors (Lipinski definition) is 0. The molecule has 7 heteroatoms. The molecule has 1 saturated carbocycles. The summed E-state index contributed by atoms with van der Waals surface area (Å²) in [5.41, 5.74) is 0. The predicted octanol–water partition coefficient (Wildman–Crippen LogP) is 1.94. The number of carbonyl (C=O) groups is 3. The molecule has 0 aromatic heterocycles. The number of benzene rings is 1. The lowest BCUT2D eigenvalue weighted by Gasteiger charge is -2.21. The van der Waals surface area contributed by atoms with Gasteiger partial charge < -0.3 is 4.74 Å². The van der Waals surface area contributed by atoms with Gasteiger partial charge in [-0.3, -0.25) is 19.4 Å². The molecule has 1 aliphatic heterocycles. The highest BCUT2D eigenvalue weighted by Gasteiger charge is 2.47. The molecular weight excluding hydrogens is 303 g/mol. The van der Waals surface area contributed by atoms with Gasteiger partial charge in [0.25, 0.3) is 0 Å². The van der Waals surface area contributed by atoms with Crippen LogP contribution in [0, 0.1) is 5.82 Å². The zero-order valence-corrected chi connectivity index (χ0v) is 12.5. The van der Waals surface area contributed by atoms with Gasteiger partial charge in [0, 0.05) is 6.04 Å². The lowest BCUT2D eigenvalue weighted by Crippen LogP contribution is -2.40. The topological polar surface area (TPSA) is 66.9 Å². The molecule has 0 N–H and O–H groups in total. The minimum absolute atomic E-state index is 0.0468. The van der Waals surface area contributed by atoms with Gasteiger partial charge in [-0.2, -0.15) is 0 Å². The van der Waals surface area contributed by atoms with Gasteiger partial charge in [0.1, 0.15) is 6.61 Å². The number of rotatable bonds is 5. The zero-order chi connectivity index (χ0) is 16.4. The first-order valence-corrected chi connectivity index (χ1v) is 7.66. The highest BCUT2D eigenvalue weighted by Crippen LogP contribution is 2.27. The van der Waals surface area contributed by atoms with Gasteiger partial charge in [0.15, 0.2) is 11.6 Å². The summed E-state index contributed by atoms with van der Waals surface area (Å²) in [6, 6.07) is 5.09. The summed E-state index contributed by atoms with van der Waals surface area (Å²) in [5, 5.41) is 0. The van der Waals surface area contributed by atoms with Gasteiger partial charge in [-0.25, -0.2) is 9.18 Å². The van der Waals surface area contributed by atoms with Gasteiger partial charge in [0.2, 0.25) is 0 Å². The molecular formula is C16H17FN2O4. The molecule has 0 radical (unpaired) electrons. The summed E-state index contributed by atoms with van der Waals surface area (Å²) in [4.78, 5) is 38.2. The van der Waals surface area contributed by atoms with Crippen LogP contribution in [0.4, 0.5) is 9.18 Å². The first-order chi connectivity index (χ1) is 11.1. The van der Waals surface area contributed by atoms with Crippen molar-refractivity contribution in [3.05, 3.63) is 30.1 Å². The molecule has 23 heavy (non-hydrogen) atoms. The van der Waals surface area contributed by atoms with Crippen molar-refractivity contribution in [1.29, 1.82) is 0 Å². The maximum atomic E-state index is 13.4. The Balaban J connectivity index is 1.61. The standard InChI is InChI=1S/C16H17FN2O4/c17-12-7-3-4-8-13(12)23-10-9-18-14(20)15(21)19(16(18)22)11-5-1-2-6-11/h3-4,7-8,11H,1-2,5-6,9-10H2. The van der Waals surface area contributed by atoms with Gasteiger partial charge in [0.05, 0.1) is 6.54 Å². The average molecular weight is 320 g/mol. The van der Waals surface area contributed by atoms with Crippen LogP contribution in [0.1, 0.15) is 25.7 Å². The first kappa shape index (κ1) is 15.5. The van der Waals surface area contributed by atoms with Gasteiger partial charge in [-0.15, -0.1) is 0 Å². The summed E-state index contributed by atoms with van der Waals surface area (Å²) < 4.78 is 18.7. The Morgan fingerprint density at radius 2 is 1.78 bits per heavy atom. The van der Waals surface area contributed by atoms with Gasteiger partial charge in [-0.1, -0.05) is 25.0 Å². The highest BCUT2D eigenvalue weighted by molar-refractivity contribution is 6.44. The maximum Gasteiger partial charge on any atom is 0.334 e. The monoisotopic (exact) mass is 320 g/mol. The van der Waals surface area contributed by atoms with E-state index >= 15 is 0 Å². The summed E-state index contributed by atoms with van der Waals surface area (Å²) >= 11 is 0. The average Bonchev–Trinajstić information content (AvgIpc) is 3.12. The van der Waals surface area contributed by atoms with Crippen molar-refractivity contribution in [3.63, 3.8) is 0 Å².